The standard InChI is InChI=1S/C10H16O/c1-6-10(4,5)11-8-7-9(2)3/h1,7H,8H2,2-5H3. The van der Waals surface area contributed by atoms with E-state index in [1.165, 1.54) is 5.57 Å². The molecule has 0 aliphatic rings. The minimum atomic E-state index is -0.439. The first-order valence-corrected chi connectivity index (χ1v) is 3.73. The molecule has 1 nitrogen and oxygen atoms in total. The van der Waals surface area contributed by atoms with Crippen LogP contribution in [0, 0.1) is 12.3 Å². The summed E-state index contributed by atoms with van der Waals surface area (Å²) in [6.07, 6.45) is 7.24. The Labute approximate surface area is 69.4 Å². The largest absolute Gasteiger partial charge is 0.359 e. The SMILES string of the molecule is C#CC(C)(C)OCC=C(C)C. The van der Waals surface area contributed by atoms with Gasteiger partial charge in [0.1, 0.15) is 5.60 Å². The maximum atomic E-state index is 5.38. The fraction of sp³-hybridized carbons (Fsp3) is 0.600. The Kier molecular flexibility index (Phi) is 3.92. The summed E-state index contributed by atoms with van der Waals surface area (Å²) >= 11 is 0. The lowest BCUT2D eigenvalue weighted by molar-refractivity contribution is 0.0468. The molecule has 0 spiro atoms. The average Bonchev–Trinajstić information content (AvgIpc) is 1.87. The maximum absolute atomic E-state index is 5.38. The molecule has 0 saturated heterocycles. The Bertz CT molecular complexity index is 178. The summed E-state index contributed by atoms with van der Waals surface area (Å²) in [5.41, 5.74) is 0.809. The van der Waals surface area contributed by atoms with Crippen LogP contribution in [0.15, 0.2) is 11.6 Å². The zero-order chi connectivity index (χ0) is 8.91. The van der Waals surface area contributed by atoms with E-state index in [9.17, 15) is 0 Å². The van der Waals surface area contributed by atoms with E-state index in [0.717, 1.165) is 0 Å². The van der Waals surface area contributed by atoms with Crippen molar-refractivity contribution in [3.8, 4) is 12.3 Å². The van der Waals surface area contributed by atoms with Crippen molar-refractivity contribution >= 4 is 0 Å². The van der Waals surface area contributed by atoms with Crippen LogP contribution in [0.2, 0.25) is 0 Å². The first-order chi connectivity index (χ1) is 4.98. The van der Waals surface area contributed by atoms with Crippen LogP contribution in [0.25, 0.3) is 0 Å². The van der Waals surface area contributed by atoms with Crippen molar-refractivity contribution in [2.75, 3.05) is 6.61 Å². The highest BCUT2D eigenvalue weighted by atomic mass is 16.5. The molecule has 0 saturated carbocycles. The van der Waals surface area contributed by atoms with Crippen LogP contribution in [-0.2, 0) is 4.74 Å². The Hall–Kier alpha value is -0.740. The monoisotopic (exact) mass is 152 g/mol. The van der Waals surface area contributed by atoms with Crippen molar-refractivity contribution in [1.82, 2.24) is 0 Å². The lowest BCUT2D eigenvalue weighted by Gasteiger charge is -2.16. The topological polar surface area (TPSA) is 9.23 Å². The molecule has 0 amide bonds. The molecule has 0 atom stereocenters. The van der Waals surface area contributed by atoms with Gasteiger partial charge in [0.05, 0.1) is 6.61 Å². The molecular weight excluding hydrogens is 136 g/mol. The number of ether oxygens (including phenoxy) is 1. The Balaban J connectivity index is 3.74. The summed E-state index contributed by atoms with van der Waals surface area (Å²) in [4.78, 5) is 0. The summed E-state index contributed by atoms with van der Waals surface area (Å²) in [7, 11) is 0. The lowest BCUT2D eigenvalue weighted by atomic mass is 10.1. The Morgan fingerprint density at radius 3 is 2.45 bits per heavy atom. The van der Waals surface area contributed by atoms with Crippen molar-refractivity contribution in [3.05, 3.63) is 11.6 Å². The molecule has 0 fully saturated rings. The van der Waals surface area contributed by atoms with Crippen LogP contribution in [-0.4, -0.2) is 12.2 Å². The zero-order valence-corrected chi connectivity index (χ0v) is 7.77. The molecule has 0 aliphatic heterocycles. The molecule has 0 rings (SSSR count). The molecular formula is C10H16O. The van der Waals surface area contributed by atoms with E-state index in [0.29, 0.717) is 6.61 Å². The number of hydrogen-bond acceptors (Lipinski definition) is 1. The Morgan fingerprint density at radius 1 is 1.55 bits per heavy atom. The molecule has 11 heavy (non-hydrogen) atoms. The van der Waals surface area contributed by atoms with Gasteiger partial charge in [-0.25, -0.2) is 0 Å². The van der Waals surface area contributed by atoms with Crippen molar-refractivity contribution in [1.29, 1.82) is 0 Å². The summed E-state index contributed by atoms with van der Waals surface area (Å²) in [5, 5.41) is 0. The van der Waals surface area contributed by atoms with E-state index in [-0.39, 0.29) is 0 Å². The van der Waals surface area contributed by atoms with Gasteiger partial charge in [0.25, 0.3) is 0 Å². The average molecular weight is 152 g/mol. The van der Waals surface area contributed by atoms with Gasteiger partial charge in [-0.3, -0.25) is 0 Å². The van der Waals surface area contributed by atoms with E-state index in [2.05, 4.69) is 5.92 Å². The van der Waals surface area contributed by atoms with E-state index >= 15 is 0 Å². The molecule has 0 heterocycles. The summed E-state index contributed by atoms with van der Waals surface area (Å²) in [6.45, 7) is 8.43. The maximum Gasteiger partial charge on any atom is 0.123 e. The van der Waals surface area contributed by atoms with Gasteiger partial charge in [0.2, 0.25) is 0 Å². The first-order valence-electron chi connectivity index (χ1n) is 3.73. The normalized spacial score (nSPS) is 10.5. The summed E-state index contributed by atoms with van der Waals surface area (Å²) in [5.74, 6) is 2.56. The first kappa shape index (κ1) is 10.3. The van der Waals surface area contributed by atoms with Gasteiger partial charge in [-0.1, -0.05) is 17.6 Å². The third-order valence-corrected chi connectivity index (χ3v) is 1.28. The predicted octanol–water partition coefficient (Wildman–Crippen LogP) is 2.38. The molecule has 0 unspecified atom stereocenters. The fourth-order valence-electron chi connectivity index (χ4n) is 0.458. The number of hydrogen-bond donors (Lipinski definition) is 0. The van der Waals surface area contributed by atoms with Gasteiger partial charge < -0.3 is 4.74 Å². The van der Waals surface area contributed by atoms with Gasteiger partial charge in [-0.2, -0.15) is 0 Å². The summed E-state index contributed by atoms with van der Waals surface area (Å²) < 4.78 is 5.38. The minimum absolute atomic E-state index is 0.439. The molecule has 0 aromatic heterocycles. The number of allylic oxidation sites excluding steroid dienone is 1. The molecule has 0 aromatic carbocycles. The molecule has 0 N–H and O–H groups in total. The molecule has 1 heteroatoms. The van der Waals surface area contributed by atoms with Crippen molar-refractivity contribution in [2.24, 2.45) is 0 Å². The zero-order valence-electron chi connectivity index (χ0n) is 7.77. The van der Waals surface area contributed by atoms with Gasteiger partial charge in [-0.05, 0) is 27.7 Å². The van der Waals surface area contributed by atoms with Gasteiger partial charge in [-0.15, -0.1) is 6.42 Å². The smallest absolute Gasteiger partial charge is 0.123 e. The van der Waals surface area contributed by atoms with Gasteiger partial charge in [0.15, 0.2) is 0 Å². The third kappa shape index (κ3) is 5.69. The molecule has 0 aromatic rings. The van der Waals surface area contributed by atoms with E-state index in [1.54, 1.807) is 0 Å². The number of rotatable bonds is 3. The highest BCUT2D eigenvalue weighted by molar-refractivity contribution is 5.04. The second kappa shape index (κ2) is 4.20. The predicted molar refractivity (Wildman–Crippen MR) is 48.3 cm³/mol. The van der Waals surface area contributed by atoms with E-state index in [1.807, 2.05) is 33.8 Å². The van der Waals surface area contributed by atoms with Crippen LogP contribution in [0.4, 0.5) is 0 Å². The second-order valence-electron chi connectivity index (χ2n) is 3.25. The van der Waals surface area contributed by atoms with E-state index in [4.69, 9.17) is 11.2 Å². The molecule has 0 radical (unpaired) electrons. The van der Waals surface area contributed by atoms with Crippen molar-refractivity contribution in [3.63, 3.8) is 0 Å². The van der Waals surface area contributed by atoms with Gasteiger partial charge in [0, 0.05) is 0 Å². The van der Waals surface area contributed by atoms with Crippen LogP contribution >= 0.6 is 0 Å². The second-order valence-corrected chi connectivity index (χ2v) is 3.25. The van der Waals surface area contributed by atoms with Crippen LogP contribution in [0.1, 0.15) is 27.7 Å². The van der Waals surface area contributed by atoms with Crippen LogP contribution < -0.4 is 0 Å². The fourth-order valence-corrected chi connectivity index (χ4v) is 0.458. The lowest BCUT2D eigenvalue weighted by Crippen LogP contribution is -2.21. The minimum Gasteiger partial charge on any atom is -0.359 e. The molecule has 0 aliphatic carbocycles. The number of terminal acetylenes is 1. The molecule has 62 valence electrons. The van der Waals surface area contributed by atoms with Gasteiger partial charge >= 0.3 is 0 Å². The van der Waals surface area contributed by atoms with Crippen molar-refractivity contribution < 1.29 is 4.74 Å². The Morgan fingerprint density at radius 2 is 2.09 bits per heavy atom. The molecule has 0 bridgehead atoms. The third-order valence-electron chi connectivity index (χ3n) is 1.28. The van der Waals surface area contributed by atoms with Crippen molar-refractivity contribution in [2.45, 2.75) is 33.3 Å². The van der Waals surface area contributed by atoms with Crippen LogP contribution in [0.3, 0.4) is 0 Å². The highest BCUT2D eigenvalue weighted by Crippen LogP contribution is 2.06. The summed E-state index contributed by atoms with van der Waals surface area (Å²) in [6, 6.07) is 0. The highest BCUT2D eigenvalue weighted by Gasteiger charge is 2.11. The van der Waals surface area contributed by atoms with E-state index < -0.39 is 5.60 Å². The quantitative estimate of drug-likeness (QED) is 0.445. The van der Waals surface area contributed by atoms with Crippen LogP contribution in [0.5, 0.6) is 0 Å².